The normalized spacial score (nSPS) is 29.9. The van der Waals surface area contributed by atoms with E-state index in [4.69, 9.17) is 9.15 Å². The second-order valence-electron chi connectivity index (χ2n) is 13.4. The molecule has 2 N–H and O–H groups in total. The van der Waals surface area contributed by atoms with Crippen LogP contribution in [0.2, 0.25) is 0 Å². The summed E-state index contributed by atoms with van der Waals surface area (Å²) in [7, 11) is 4.22. The molecule has 1 aromatic rings. The van der Waals surface area contributed by atoms with Crippen molar-refractivity contribution in [3.05, 3.63) is 53.8 Å². The van der Waals surface area contributed by atoms with Crippen LogP contribution in [0.25, 0.3) is 0 Å². The van der Waals surface area contributed by atoms with Gasteiger partial charge in [0.2, 0.25) is 11.8 Å². The molecule has 4 heterocycles. The van der Waals surface area contributed by atoms with Gasteiger partial charge in [-0.15, -0.1) is 0 Å². The molecule has 4 rings (SSSR count). The summed E-state index contributed by atoms with van der Waals surface area (Å²) in [5, 5.41) is 13.2. The van der Waals surface area contributed by atoms with E-state index >= 15 is 0 Å². The number of aliphatic hydroxyl groups excluding tert-OH is 1. The Morgan fingerprint density at radius 2 is 1.85 bits per heavy atom. The van der Waals surface area contributed by atoms with Gasteiger partial charge in [-0.1, -0.05) is 43.7 Å². The first-order chi connectivity index (χ1) is 22.4. The first-order valence-corrected chi connectivity index (χ1v) is 16.8. The van der Waals surface area contributed by atoms with E-state index in [1.807, 2.05) is 6.92 Å². The lowest BCUT2D eigenvalue weighted by atomic mass is 9.91. The Bertz CT molecular complexity index is 1340. The number of carbonyl (C=O) groups is 4. The van der Waals surface area contributed by atoms with Crippen molar-refractivity contribution in [2.75, 3.05) is 46.8 Å². The number of esters is 1. The molecule has 12 heteroatoms. The van der Waals surface area contributed by atoms with Gasteiger partial charge in [0.1, 0.15) is 24.2 Å². The van der Waals surface area contributed by atoms with Crippen LogP contribution in [0.4, 0.5) is 0 Å². The number of aliphatic hydroxyl groups is 1. The maximum absolute atomic E-state index is 13.8. The third kappa shape index (κ3) is 10.4. The summed E-state index contributed by atoms with van der Waals surface area (Å²) in [6.45, 7) is 9.08. The van der Waals surface area contributed by atoms with Crippen molar-refractivity contribution in [3.8, 4) is 0 Å². The number of ketones is 1. The van der Waals surface area contributed by atoms with Crippen LogP contribution in [0.3, 0.4) is 0 Å². The van der Waals surface area contributed by atoms with Gasteiger partial charge < -0.3 is 34.3 Å². The maximum atomic E-state index is 13.8. The molecule has 3 aliphatic rings. The standard InChI is InChI=1S/C35H51N5O7/c1-23-8-6-14-36-31(43)11-10-24(2)33(25(3)21-39-16-12-26(13-17-39)38(4)5)47-35(45)30-9-7-15-40(30)34(44)29-22-46-32(37-29)20-28(42)19-27(41)18-23/h6,8,10-11,18,22,24-27,30,33,41H,7,9,12-17,19-21H2,1-5H3,(H,36,43)/b8-6+,11-10+,23-18+. The number of piperidine rings is 1. The number of aromatic nitrogens is 1. The number of fused-ring (bicyclic) bond motifs is 3. The Labute approximate surface area is 277 Å². The quantitative estimate of drug-likeness (QED) is 0.465. The zero-order valence-electron chi connectivity index (χ0n) is 28.4. The number of rotatable bonds is 4. The second kappa shape index (κ2) is 17.0. The average Bonchev–Trinajstić information content (AvgIpc) is 3.70. The molecule has 0 aromatic carbocycles. The Morgan fingerprint density at radius 1 is 1.11 bits per heavy atom. The second-order valence-corrected chi connectivity index (χ2v) is 13.4. The number of nitrogens with one attached hydrogen (secondary N) is 1. The van der Waals surface area contributed by atoms with E-state index in [1.165, 1.54) is 17.2 Å². The van der Waals surface area contributed by atoms with Crippen LogP contribution in [-0.4, -0.2) is 119 Å². The fourth-order valence-corrected chi connectivity index (χ4v) is 6.68. The van der Waals surface area contributed by atoms with Gasteiger partial charge in [-0.05, 0) is 65.9 Å². The van der Waals surface area contributed by atoms with Gasteiger partial charge >= 0.3 is 5.97 Å². The van der Waals surface area contributed by atoms with Gasteiger partial charge in [-0.2, -0.15) is 0 Å². The molecule has 0 saturated carbocycles. The Hall–Kier alpha value is -3.61. The van der Waals surface area contributed by atoms with Crippen LogP contribution in [0, 0.1) is 11.8 Å². The third-order valence-electron chi connectivity index (χ3n) is 9.29. The largest absolute Gasteiger partial charge is 0.460 e. The van der Waals surface area contributed by atoms with Crippen LogP contribution in [0.15, 0.2) is 46.6 Å². The number of Topliss-reactive ketones (excluding diaryl/α,β-unsaturated/α-hetero) is 1. The fourth-order valence-electron chi connectivity index (χ4n) is 6.68. The predicted octanol–water partition coefficient (Wildman–Crippen LogP) is 2.54. The molecule has 3 aliphatic heterocycles. The summed E-state index contributed by atoms with van der Waals surface area (Å²) in [5.41, 5.74) is 0.747. The molecule has 0 radical (unpaired) electrons. The molecular weight excluding hydrogens is 602 g/mol. The molecule has 0 aliphatic carbocycles. The number of carbonyl (C=O) groups excluding carboxylic acids is 4. The van der Waals surface area contributed by atoms with E-state index in [0.29, 0.717) is 25.4 Å². The van der Waals surface area contributed by atoms with E-state index in [2.05, 4.69) is 41.1 Å². The monoisotopic (exact) mass is 653 g/mol. The van der Waals surface area contributed by atoms with Crippen molar-refractivity contribution in [1.82, 2.24) is 25.0 Å². The van der Waals surface area contributed by atoms with Gasteiger partial charge in [0.25, 0.3) is 5.91 Å². The van der Waals surface area contributed by atoms with Gasteiger partial charge in [-0.25, -0.2) is 9.78 Å². The number of cyclic esters (lactones) is 1. The van der Waals surface area contributed by atoms with Crippen LogP contribution in [-0.2, 0) is 25.5 Å². The van der Waals surface area contributed by atoms with E-state index in [1.54, 1.807) is 31.2 Å². The number of hydrogen-bond donors (Lipinski definition) is 2. The molecule has 47 heavy (non-hydrogen) atoms. The number of amides is 2. The molecule has 12 nitrogen and oxygen atoms in total. The topological polar surface area (TPSA) is 146 Å². The molecular formula is C35H51N5O7. The predicted molar refractivity (Wildman–Crippen MR) is 176 cm³/mol. The van der Waals surface area contributed by atoms with Crippen LogP contribution in [0.5, 0.6) is 0 Å². The molecule has 1 aromatic heterocycles. The van der Waals surface area contributed by atoms with Crippen LogP contribution < -0.4 is 5.32 Å². The minimum atomic E-state index is -1.01. The van der Waals surface area contributed by atoms with Crippen LogP contribution >= 0.6 is 0 Å². The zero-order valence-corrected chi connectivity index (χ0v) is 28.4. The highest BCUT2D eigenvalue weighted by atomic mass is 16.5. The van der Waals surface area contributed by atoms with Crippen molar-refractivity contribution in [2.24, 2.45) is 11.8 Å². The van der Waals surface area contributed by atoms with Crippen molar-refractivity contribution in [2.45, 2.75) is 83.6 Å². The van der Waals surface area contributed by atoms with E-state index < -0.39 is 30.1 Å². The van der Waals surface area contributed by atoms with Gasteiger partial charge in [-0.3, -0.25) is 14.4 Å². The Morgan fingerprint density at radius 3 is 2.57 bits per heavy atom. The van der Waals surface area contributed by atoms with E-state index in [0.717, 1.165) is 38.0 Å². The highest BCUT2D eigenvalue weighted by Crippen LogP contribution is 2.27. The summed E-state index contributed by atoms with van der Waals surface area (Å²) in [4.78, 5) is 62.9. The molecule has 5 unspecified atom stereocenters. The summed E-state index contributed by atoms with van der Waals surface area (Å²) < 4.78 is 11.7. The highest BCUT2D eigenvalue weighted by molar-refractivity contribution is 5.95. The third-order valence-corrected chi connectivity index (χ3v) is 9.29. The number of allylic oxidation sites excluding steroid dienone is 2. The fraction of sp³-hybridized carbons (Fsp3) is 0.629. The number of nitrogens with zero attached hydrogens (tertiary/aromatic N) is 4. The number of oxazole rings is 1. The van der Waals surface area contributed by atoms with Crippen molar-refractivity contribution >= 4 is 23.6 Å². The van der Waals surface area contributed by atoms with E-state index in [9.17, 15) is 24.3 Å². The Balaban J connectivity index is 1.55. The number of ether oxygens (including phenoxy) is 1. The summed E-state index contributed by atoms with van der Waals surface area (Å²) in [6.07, 6.45) is 10.9. The smallest absolute Gasteiger partial charge is 0.329 e. The summed E-state index contributed by atoms with van der Waals surface area (Å²) >= 11 is 0. The lowest BCUT2D eigenvalue weighted by Crippen LogP contribution is -2.47. The van der Waals surface area contributed by atoms with Gasteiger partial charge in [0.05, 0.1) is 12.5 Å². The van der Waals surface area contributed by atoms with E-state index in [-0.39, 0.29) is 54.5 Å². The number of hydrogen-bond acceptors (Lipinski definition) is 10. The molecule has 2 saturated heterocycles. The van der Waals surface area contributed by atoms with Crippen LogP contribution in [0.1, 0.15) is 69.3 Å². The van der Waals surface area contributed by atoms with Crippen molar-refractivity contribution in [3.63, 3.8) is 0 Å². The lowest BCUT2D eigenvalue weighted by Gasteiger charge is -2.38. The summed E-state index contributed by atoms with van der Waals surface area (Å²) in [5.74, 6) is -1.78. The highest BCUT2D eigenvalue weighted by Gasteiger charge is 2.39. The SMILES string of the molecule is CC1=C\C(O)CC(=O)Cc2nc(co2)C(=O)N2CCCC2C(=O)OC(C(C)CN2CCC(N(C)C)CC2)C(C)/C=C/C(=O)NC\C=C\1. The zero-order chi connectivity index (χ0) is 34.1. The average molecular weight is 654 g/mol. The molecule has 2 bridgehead atoms. The molecule has 2 amide bonds. The lowest BCUT2D eigenvalue weighted by molar-refractivity contribution is -0.158. The van der Waals surface area contributed by atoms with Crippen molar-refractivity contribution in [1.29, 1.82) is 0 Å². The first kappa shape index (κ1) is 36.2. The molecule has 0 spiro atoms. The number of likely N-dealkylation sites (tertiary alicyclic amines) is 1. The minimum Gasteiger partial charge on any atom is -0.460 e. The van der Waals surface area contributed by atoms with Gasteiger partial charge in [0, 0.05) is 43.9 Å². The molecule has 2 fully saturated rings. The van der Waals surface area contributed by atoms with Crippen molar-refractivity contribution < 1.29 is 33.4 Å². The first-order valence-electron chi connectivity index (χ1n) is 16.8. The molecule has 258 valence electrons. The molecule has 5 atom stereocenters. The summed E-state index contributed by atoms with van der Waals surface area (Å²) in [6, 6.07) is -0.232. The Kier molecular flexibility index (Phi) is 13.1. The maximum Gasteiger partial charge on any atom is 0.329 e. The van der Waals surface area contributed by atoms with Gasteiger partial charge in [0.15, 0.2) is 5.69 Å². The minimum absolute atomic E-state index is 0.0145.